The average molecular weight is 439 g/mol. The fourth-order valence-electron chi connectivity index (χ4n) is 2.59. The van der Waals surface area contributed by atoms with E-state index in [-0.39, 0.29) is 16.3 Å². The van der Waals surface area contributed by atoms with Gasteiger partial charge in [-0.1, -0.05) is 24.3 Å². The molecule has 0 aliphatic rings. The number of amides is 1. The monoisotopic (exact) mass is 439 g/mol. The number of anilines is 1. The summed E-state index contributed by atoms with van der Waals surface area (Å²) in [5, 5.41) is 14.9. The van der Waals surface area contributed by atoms with E-state index in [9.17, 15) is 23.3 Å². The van der Waals surface area contributed by atoms with Gasteiger partial charge in [-0.05, 0) is 35.9 Å². The summed E-state index contributed by atoms with van der Waals surface area (Å²) in [5.41, 5.74) is 2.62. The number of hydrogen-bond donors (Lipinski definition) is 1. The third kappa shape index (κ3) is 5.48. The number of benzene rings is 2. The van der Waals surface area contributed by atoms with Gasteiger partial charge in [0.15, 0.2) is 0 Å². The molecule has 0 spiro atoms. The van der Waals surface area contributed by atoms with Crippen molar-refractivity contribution in [3.8, 4) is 0 Å². The number of carbonyl (C=O) groups excluding carboxylic acids is 1. The van der Waals surface area contributed by atoms with Gasteiger partial charge in [-0.2, -0.15) is 5.10 Å². The van der Waals surface area contributed by atoms with E-state index in [0.29, 0.717) is 5.56 Å². The molecule has 0 radical (unpaired) electrons. The number of aromatic nitrogens is 1. The zero-order chi connectivity index (χ0) is 22.3. The van der Waals surface area contributed by atoms with Gasteiger partial charge in [-0.15, -0.1) is 0 Å². The lowest BCUT2D eigenvalue weighted by atomic mass is 10.3. The van der Waals surface area contributed by atoms with Crippen molar-refractivity contribution in [3.63, 3.8) is 0 Å². The van der Waals surface area contributed by atoms with Crippen molar-refractivity contribution in [2.24, 2.45) is 5.10 Å². The van der Waals surface area contributed by atoms with Crippen LogP contribution in [0.1, 0.15) is 5.56 Å². The van der Waals surface area contributed by atoms with E-state index in [2.05, 4.69) is 15.5 Å². The second-order valence-electron chi connectivity index (χ2n) is 6.18. The highest BCUT2D eigenvalue weighted by atomic mass is 32.2. The topological polar surface area (TPSA) is 135 Å². The number of nitro benzene ring substituents is 1. The highest BCUT2D eigenvalue weighted by Gasteiger charge is 2.28. The minimum absolute atomic E-state index is 0.0219. The number of nitro groups is 1. The number of carbonyl (C=O) groups is 1. The highest BCUT2D eigenvalue weighted by Crippen LogP contribution is 2.26. The van der Waals surface area contributed by atoms with Crippen molar-refractivity contribution < 1.29 is 18.1 Å². The molecule has 0 unspecified atom stereocenters. The molecular formula is C20H17N5O5S. The van der Waals surface area contributed by atoms with E-state index in [1.807, 2.05) is 0 Å². The third-order valence-electron chi connectivity index (χ3n) is 4.06. The molecule has 0 atom stereocenters. The lowest BCUT2D eigenvalue weighted by Gasteiger charge is -2.23. The molecule has 1 heterocycles. The largest absolute Gasteiger partial charge is 0.271 e. The van der Waals surface area contributed by atoms with Crippen molar-refractivity contribution in [1.82, 2.24) is 10.4 Å². The number of rotatable bonds is 8. The Balaban J connectivity index is 1.89. The maximum Gasteiger partial charge on any atom is 0.271 e. The van der Waals surface area contributed by atoms with Crippen LogP contribution in [0.25, 0.3) is 0 Å². The quantitative estimate of drug-likeness (QED) is 0.325. The Kier molecular flexibility index (Phi) is 6.67. The van der Waals surface area contributed by atoms with Crippen LogP contribution in [0.3, 0.4) is 0 Å². The highest BCUT2D eigenvalue weighted by molar-refractivity contribution is 7.92. The minimum atomic E-state index is -4.18. The molecule has 0 aliphatic heterocycles. The molecule has 1 N–H and O–H groups in total. The van der Waals surface area contributed by atoms with E-state index in [1.165, 1.54) is 48.7 Å². The number of nitrogens with one attached hydrogen (secondary N) is 1. The van der Waals surface area contributed by atoms with Crippen LogP contribution in [0.15, 0.2) is 89.1 Å². The fourth-order valence-corrected chi connectivity index (χ4v) is 4.02. The molecule has 10 nitrogen and oxygen atoms in total. The lowest BCUT2D eigenvalue weighted by Crippen LogP contribution is -2.39. The van der Waals surface area contributed by atoms with Gasteiger partial charge in [0.2, 0.25) is 0 Å². The molecule has 3 aromatic rings. The van der Waals surface area contributed by atoms with Crippen molar-refractivity contribution in [2.75, 3.05) is 10.8 Å². The smallest absolute Gasteiger partial charge is 0.271 e. The average Bonchev–Trinajstić information content (AvgIpc) is 2.79. The second-order valence-corrected chi connectivity index (χ2v) is 8.04. The van der Waals surface area contributed by atoms with Crippen molar-refractivity contribution >= 4 is 33.5 Å². The van der Waals surface area contributed by atoms with Gasteiger partial charge in [-0.25, -0.2) is 13.8 Å². The predicted molar refractivity (Wildman–Crippen MR) is 114 cm³/mol. The van der Waals surface area contributed by atoms with Crippen LogP contribution >= 0.6 is 0 Å². The molecule has 0 aliphatic carbocycles. The van der Waals surface area contributed by atoms with Crippen LogP contribution in [0, 0.1) is 10.1 Å². The fraction of sp³-hybridized carbons (Fsp3) is 0.0500. The van der Waals surface area contributed by atoms with Crippen LogP contribution in [-0.4, -0.2) is 37.0 Å². The lowest BCUT2D eigenvalue weighted by molar-refractivity contribution is -0.384. The first-order valence-electron chi connectivity index (χ1n) is 8.92. The standard InChI is InChI=1S/C20H17N5O5S/c26-20(23-22-14-16-9-11-21-12-10-16)15-24(17-5-4-6-18(13-17)25(27)28)31(29,30)19-7-2-1-3-8-19/h1-14H,15H2,(H,23,26)/b22-14+. The molecule has 31 heavy (non-hydrogen) atoms. The Morgan fingerprint density at radius 2 is 1.81 bits per heavy atom. The van der Waals surface area contributed by atoms with Crippen LogP contribution in [0.4, 0.5) is 11.4 Å². The number of non-ortho nitro benzene ring substituents is 1. The number of hydrazone groups is 1. The Labute approximate surface area is 178 Å². The molecule has 0 fully saturated rings. The number of hydrogen-bond acceptors (Lipinski definition) is 7. The summed E-state index contributed by atoms with van der Waals surface area (Å²) in [6, 6.07) is 15.9. The molecule has 158 valence electrons. The summed E-state index contributed by atoms with van der Waals surface area (Å²) in [6.45, 7) is -0.633. The molecule has 1 aromatic heterocycles. The summed E-state index contributed by atoms with van der Waals surface area (Å²) in [4.78, 5) is 26.7. The zero-order valence-corrected chi connectivity index (χ0v) is 16.8. The summed E-state index contributed by atoms with van der Waals surface area (Å²) in [7, 11) is -4.18. The van der Waals surface area contributed by atoms with Gasteiger partial charge < -0.3 is 0 Å². The molecule has 1 amide bonds. The first-order chi connectivity index (χ1) is 14.9. The van der Waals surface area contributed by atoms with Crippen molar-refractivity contribution in [1.29, 1.82) is 0 Å². The summed E-state index contributed by atoms with van der Waals surface area (Å²) in [5.74, 6) is -0.726. The molecular weight excluding hydrogens is 422 g/mol. The third-order valence-corrected chi connectivity index (χ3v) is 5.84. The number of sulfonamides is 1. The molecule has 0 bridgehead atoms. The van der Waals surface area contributed by atoms with Gasteiger partial charge in [0.05, 0.1) is 21.7 Å². The van der Waals surface area contributed by atoms with E-state index in [4.69, 9.17) is 0 Å². The van der Waals surface area contributed by atoms with Gasteiger partial charge in [0.1, 0.15) is 6.54 Å². The van der Waals surface area contributed by atoms with Crippen LogP contribution < -0.4 is 9.73 Å². The summed E-state index contributed by atoms with van der Waals surface area (Å²) < 4.78 is 27.1. The molecule has 0 saturated heterocycles. The van der Waals surface area contributed by atoms with Gasteiger partial charge in [0.25, 0.3) is 21.6 Å². The van der Waals surface area contributed by atoms with Gasteiger partial charge >= 0.3 is 0 Å². The van der Waals surface area contributed by atoms with E-state index in [1.54, 1.807) is 30.6 Å². The SMILES string of the molecule is O=C(CN(c1cccc([N+](=O)[O-])c1)S(=O)(=O)c1ccccc1)N/N=C/c1ccncc1. The summed E-state index contributed by atoms with van der Waals surface area (Å²) >= 11 is 0. The maximum atomic E-state index is 13.2. The normalized spacial score (nSPS) is 11.2. The van der Waals surface area contributed by atoms with E-state index in [0.717, 1.165) is 10.4 Å². The van der Waals surface area contributed by atoms with Crippen molar-refractivity contribution in [3.05, 3.63) is 94.8 Å². The summed E-state index contributed by atoms with van der Waals surface area (Å²) in [6.07, 6.45) is 4.49. The maximum absolute atomic E-state index is 13.2. The van der Waals surface area contributed by atoms with Crippen LogP contribution in [0.2, 0.25) is 0 Å². The Morgan fingerprint density at radius 3 is 2.48 bits per heavy atom. The van der Waals surface area contributed by atoms with E-state index < -0.39 is 27.4 Å². The Hall–Kier alpha value is -4.12. The first-order valence-corrected chi connectivity index (χ1v) is 10.4. The van der Waals surface area contributed by atoms with Gasteiger partial charge in [-0.3, -0.25) is 24.2 Å². The Morgan fingerprint density at radius 1 is 1.10 bits per heavy atom. The first kappa shape index (κ1) is 21.6. The molecule has 3 rings (SSSR count). The minimum Gasteiger partial charge on any atom is -0.271 e. The Bertz CT molecular complexity index is 1200. The predicted octanol–water partition coefficient (Wildman–Crippen LogP) is 2.34. The molecule has 11 heteroatoms. The molecule has 2 aromatic carbocycles. The number of nitrogens with zero attached hydrogens (tertiary/aromatic N) is 4. The zero-order valence-electron chi connectivity index (χ0n) is 16.0. The van der Waals surface area contributed by atoms with E-state index >= 15 is 0 Å². The van der Waals surface area contributed by atoms with Crippen LogP contribution in [-0.2, 0) is 14.8 Å². The second kappa shape index (κ2) is 9.59. The molecule has 0 saturated carbocycles. The van der Waals surface area contributed by atoms with Crippen molar-refractivity contribution in [2.45, 2.75) is 4.90 Å². The van der Waals surface area contributed by atoms with Gasteiger partial charge in [0, 0.05) is 24.5 Å². The number of pyridine rings is 1. The van der Waals surface area contributed by atoms with Crippen LogP contribution in [0.5, 0.6) is 0 Å².